The molecule has 0 bridgehead atoms. The summed E-state index contributed by atoms with van der Waals surface area (Å²) in [5, 5.41) is 4.06. The second kappa shape index (κ2) is 5.54. The van der Waals surface area contributed by atoms with Gasteiger partial charge >= 0.3 is 0 Å². The third kappa shape index (κ3) is 2.69. The zero-order valence-electron chi connectivity index (χ0n) is 11.8. The second-order valence-electron chi connectivity index (χ2n) is 5.70. The number of pyridine rings is 1. The maximum Gasteiger partial charge on any atom is 0.255 e. The summed E-state index contributed by atoms with van der Waals surface area (Å²) in [4.78, 5) is 11.2. The molecular formula is C15H18N4O2. The van der Waals surface area contributed by atoms with Gasteiger partial charge in [-0.2, -0.15) is 4.98 Å². The standard InChI is InChI=1S/C15H18N4O2/c1-2-6-16-12(4-1)11-8-19(9-11)10-14-17-15(21-18-14)13-5-3-7-20-13/h1-2,4,6,11,13H,3,5,7-10H2/t13-/m1/s1. The molecule has 0 spiro atoms. The average molecular weight is 286 g/mol. The molecule has 0 unspecified atom stereocenters. The highest BCUT2D eigenvalue weighted by atomic mass is 16.5. The van der Waals surface area contributed by atoms with E-state index in [1.807, 2.05) is 18.3 Å². The molecule has 1 atom stereocenters. The summed E-state index contributed by atoms with van der Waals surface area (Å²) in [6.07, 6.45) is 3.90. The van der Waals surface area contributed by atoms with Gasteiger partial charge in [-0.05, 0) is 25.0 Å². The molecule has 4 rings (SSSR count). The number of aromatic nitrogens is 3. The van der Waals surface area contributed by atoms with Crippen molar-refractivity contribution in [3.8, 4) is 0 Å². The molecule has 2 aromatic heterocycles. The number of ether oxygens (including phenoxy) is 1. The first-order chi connectivity index (χ1) is 10.4. The number of rotatable bonds is 4. The average Bonchev–Trinajstić information content (AvgIpc) is 3.14. The summed E-state index contributed by atoms with van der Waals surface area (Å²) in [7, 11) is 0. The molecule has 0 radical (unpaired) electrons. The predicted molar refractivity (Wildman–Crippen MR) is 74.5 cm³/mol. The van der Waals surface area contributed by atoms with Crippen molar-refractivity contribution in [3.63, 3.8) is 0 Å². The van der Waals surface area contributed by atoms with E-state index in [0.717, 1.165) is 44.9 Å². The van der Waals surface area contributed by atoms with E-state index < -0.39 is 0 Å². The van der Waals surface area contributed by atoms with Gasteiger partial charge in [0.2, 0.25) is 0 Å². The molecule has 6 heteroatoms. The van der Waals surface area contributed by atoms with Crippen LogP contribution in [-0.4, -0.2) is 39.7 Å². The van der Waals surface area contributed by atoms with Crippen molar-refractivity contribution in [3.05, 3.63) is 41.8 Å². The summed E-state index contributed by atoms with van der Waals surface area (Å²) < 4.78 is 10.9. The lowest BCUT2D eigenvalue weighted by Gasteiger charge is -2.38. The van der Waals surface area contributed by atoms with E-state index in [9.17, 15) is 0 Å². The van der Waals surface area contributed by atoms with Gasteiger partial charge in [0.05, 0.1) is 6.54 Å². The van der Waals surface area contributed by atoms with Gasteiger partial charge in [0, 0.05) is 37.5 Å². The van der Waals surface area contributed by atoms with Crippen LogP contribution in [0.1, 0.15) is 42.3 Å². The zero-order chi connectivity index (χ0) is 14.1. The van der Waals surface area contributed by atoms with Crippen molar-refractivity contribution in [2.75, 3.05) is 19.7 Å². The molecular weight excluding hydrogens is 268 g/mol. The Bertz CT molecular complexity index is 589. The van der Waals surface area contributed by atoms with E-state index in [-0.39, 0.29) is 6.10 Å². The van der Waals surface area contributed by atoms with Gasteiger partial charge < -0.3 is 9.26 Å². The zero-order valence-corrected chi connectivity index (χ0v) is 11.8. The molecule has 2 aliphatic heterocycles. The molecule has 2 fully saturated rings. The Kier molecular flexibility index (Phi) is 3.40. The van der Waals surface area contributed by atoms with Gasteiger partial charge in [0.1, 0.15) is 6.10 Å². The van der Waals surface area contributed by atoms with Gasteiger partial charge in [-0.1, -0.05) is 11.2 Å². The van der Waals surface area contributed by atoms with Crippen LogP contribution in [0.5, 0.6) is 0 Å². The fraction of sp³-hybridized carbons (Fsp3) is 0.533. The van der Waals surface area contributed by atoms with Crippen LogP contribution in [0, 0.1) is 0 Å². The molecule has 2 aliphatic rings. The lowest BCUT2D eigenvalue weighted by molar-refractivity contribution is 0.0835. The lowest BCUT2D eigenvalue weighted by atomic mass is 9.96. The first-order valence-electron chi connectivity index (χ1n) is 7.46. The lowest BCUT2D eigenvalue weighted by Crippen LogP contribution is -2.44. The van der Waals surface area contributed by atoms with Crippen molar-refractivity contribution < 1.29 is 9.26 Å². The van der Waals surface area contributed by atoms with Crippen LogP contribution in [0.4, 0.5) is 0 Å². The molecule has 0 aromatic carbocycles. The SMILES string of the molecule is c1ccc(C2CN(Cc3noc([C@H]4CCCO4)n3)C2)nc1. The van der Waals surface area contributed by atoms with Crippen molar-refractivity contribution in [2.24, 2.45) is 0 Å². The third-order valence-electron chi connectivity index (χ3n) is 4.12. The highest BCUT2D eigenvalue weighted by Gasteiger charge is 2.30. The van der Waals surface area contributed by atoms with Crippen molar-refractivity contribution in [1.82, 2.24) is 20.0 Å². The van der Waals surface area contributed by atoms with E-state index in [1.165, 1.54) is 5.69 Å². The Balaban J connectivity index is 1.32. The van der Waals surface area contributed by atoms with Gasteiger partial charge in [-0.15, -0.1) is 0 Å². The summed E-state index contributed by atoms with van der Waals surface area (Å²) in [6.45, 7) is 3.53. The van der Waals surface area contributed by atoms with Crippen molar-refractivity contribution in [2.45, 2.75) is 31.4 Å². The van der Waals surface area contributed by atoms with Crippen LogP contribution < -0.4 is 0 Å². The molecule has 2 saturated heterocycles. The molecule has 0 amide bonds. The monoisotopic (exact) mass is 286 g/mol. The third-order valence-corrected chi connectivity index (χ3v) is 4.12. The quantitative estimate of drug-likeness (QED) is 0.855. The minimum absolute atomic E-state index is 0.00362. The Morgan fingerprint density at radius 1 is 1.29 bits per heavy atom. The van der Waals surface area contributed by atoms with E-state index in [1.54, 1.807) is 0 Å². The van der Waals surface area contributed by atoms with E-state index in [0.29, 0.717) is 11.8 Å². The highest BCUT2D eigenvalue weighted by molar-refractivity contribution is 5.14. The minimum atomic E-state index is 0.00362. The topological polar surface area (TPSA) is 64.3 Å². The largest absolute Gasteiger partial charge is 0.368 e. The van der Waals surface area contributed by atoms with Crippen LogP contribution in [0.15, 0.2) is 28.9 Å². The Morgan fingerprint density at radius 2 is 2.24 bits per heavy atom. The van der Waals surface area contributed by atoms with Gasteiger partial charge in [0.15, 0.2) is 5.82 Å². The maximum atomic E-state index is 5.55. The molecule has 2 aromatic rings. The number of likely N-dealkylation sites (tertiary alicyclic amines) is 1. The molecule has 0 N–H and O–H groups in total. The Hall–Kier alpha value is -1.79. The normalized spacial score (nSPS) is 23.3. The minimum Gasteiger partial charge on any atom is -0.368 e. The van der Waals surface area contributed by atoms with E-state index in [2.05, 4.69) is 26.1 Å². The Labute approximate surface area is 123 Å². The molecule has 6 nitrogen and oxygen atoms in total. The predicted octanol–water partition coefficient (Wildman–Crippen LogP) is 1.92. The summed E-state index contributed by atoms with van der Waals surface area (Å²) in [6, 6.07) is 6.08. The molecule has 0 saturated carbocycles. The number of nitrogens with zero attached hydrogens (tertiary/aromatic N) is 4. The number of hydrogen-bond donors (Lipinski definition) is 0. The first-order valence-corrected chi connectivity index (χ1v) is 7.46. The van der Waals surface area contributed by atoms with Crippen LogP contribution in [-0.2, 0) is 11.3 Å². The van der Waals surface area contributed by atoms with Crippen LogP contribution >= 0.6 is 0 Å². The molecule has 0 aliphatic carbocycles. The van der Waals surface area contributed by atoms with Gasteiger partial charge in [-0.3, -0.25) is 9.88 Å². The van der Waals surface area contributed by atoms with Crippen LogP contribution in [0.25, 0.3) is 0 Å². The van der Waals surface area contributed by atoms with Gasteiger partial charge in [-0.25, -0.2) is 0 Å². The van der Waals surface area contributed by atoms with Gasteiger partial charge in [0.25, 0.3) is 5.89 Å². The smallest absolute Gasteiger partial charge is 0.255 e. The van der Waals surface area contributed by atoms with Crippen LogP contribution in [0.2, 0.25) is 0 Å². The Morgan fingerprint density at radius 3 is 3.00 bits per heavy atom. The van der Waals surface area contributed by atoms with E-state index >= 15 is 0 Å². The van der Waals surface area contributed by atoms with Crippen molar-refractivity contribution in [1.29, 1.82) is 0 Å². The van der Waals surface area contributed by atoms with Crippen LogP contribution in [0.3, 0.4) is 0 Å². The number of hydrogen-bond acceptors (Lipinski definition) is 6. The molecule has 21 heavy (non-hydrogen) atoms. The van der Waals surface area contributed by atoms with Crippen molar-refractivity contribution >= 4 is 0 Å². The molecule has 110 valence electrons. The second-order valence-corrected chi connectivity index (χ2v) is 5.70. The fourth-order valence-corrected chi connectivity index (χ4v) is 2.94. The first kappa shape index (κ1) is 12.9. The molecule has 4 heterocycles. The summed E-state index contributed by atoms with van der Waals surface area (Å²) in [5.74, 6) is 1.90. The van der Waals surface area contributed by atoms with E-state index in [4.69, 9.17) is 9.26 Å². The summed E-state index contributed by atoms with van der Waals surface area (Å²) >= 11 is 0. The fourth-order valence-electron chi connectivity index (χ4n) is 2.94. The summed E-state index contributed by atoms with van der Waals surface area (Å²) in [5.41, 5.74) is 1.17. The maximum absolute atomic E-state index is 5.55. The highest BCUT2D eigenvalue weighted by Crippen LogP contribution is 2.29.